The lowest BCUT2D eigenvalue weighted by atomic mass is 9.78. The zero-order valence-electron chi connectivity index (χ0n) is 16.9. The van der Waals surface area contributed by atoms with Gasteiger partial charge in [0.25, 0.3) is 0 Å². The number of aryl methyl sites for hydroxylation is 2. The molecule has 0 aromatic heterocycles. The van der Waals surface area contributed by atoms with Crippen molar-refractivity contribution >= 4 is 11.9 Å². The quantitative estimate of drug-likeness (QED) is 0.335. The average molecular weight is 348 g/mol. The summed E-state index contributed by atoms with van der Waals surface area (Å²) in [5.41, 5.74) is 6.23. The molecule has 0 aliphatic rings. The Morgan fingerprint density at radius 1 is 0.962 bits per heavy atom. The summed E-state index contributed by atoms with van der Waals surface area (Å²) in [6, 6.07) is 17.3. The first-order valence-electron chi connectivity index (χ1n) is 9.86. The molecule has 0 spiro atoms. The van der Waals surface area contributed by atoms with Crippen LogP contribution in [0.1, 0.15) is 63.6 Å². The molecule has 0 aliphatic heterocycles. The number of para-hydroxylation sites is 1. The van der Waals surface area contributed by atoms with E-state index in [0.717, 1.165) is 32.1 Å². The van der Waals surface area contributed by atoms with Crippen LogP contribution < -0.4 is 0 Å². The Labute approximate surface area is 159 Å². The Morgan fingerprint density at radius 2 is 1.54 bits per heavy atom. The highest BCUT2D eigenvalue weighted by molar-refractivity contribution is 5.77. The molecule has 0 bridgehead atoms. The van der Waals surface area contributed by atoms with E-state index in [1.54, 1.807) is 0 Å². The maximum absolute atomic E-state index is 5.08. The van der Waals surface area contributed by atoms with E-state index in [1.165, 1.54) is 28.0 Å². The standard InChI is InChI=1S/C25H33N/c1-6-12-21-14-11-15-22(13-7-2)24(21)26-19-25(5,18-20(3)4)23-16-9-8-10-17-23/h8-11,14-17,19H,3,6-7,12-13,18H2,1-2,4-5H3. The number of aliphatic imine (C=N–C) groups is 1. The zero-order valence-corrected chi connectivity index (χ0v) is 16.9. The van der Waals surface area contributed by atoms with E-state index in [4.69, 9.17) is 4.99 Å². The summed E-state index contributed by atoms with van der Waals surface area (Å²) in [6.45, 7) is 13.0. The molecule has 1 heteroatoms. The van der Waals surface area contributed by atoms with Gasteiger partial charge in [-0.05, 0) is 42.9 Å². The predicted octanol–water partition coefficient (Wildman–Crippen LogP) is 7.22. The second kappa shape index (κ2) is 9.52. The largest absolute Gasteiger partial charge is 0.260 e. The van der Waals surface area contributed by atoms with E-state index < -0.39 is 0 Å². The Balaban J connectivity index is 2.48. The van der Waals surface area contributed by atoms with E-state index in [9.17, 15) is 0 Å². The van der Waals surface area contributed by atoms with Gasteiger partial charge in [-0.3, -0.25) is 4.99 Å². The molecule has 0 heterocycles. The number of allylic oxidation sites excluding steroid dienone is 1. The van der Waals surface area contributed by atoms with Crippen molar-refractivity contribution in [2.24, 2.45) is 4.99 Å². The summed E-state index contributed by atoms with van der Waals surface area (Å²) in [5.74, 6) is 0. The zero-order chi connectivity index (χ0) is 19.0. The molecule has 0 fully saturated rings. The molecule has 26 heavy (non-hydrogen) atoms. The van der Waals surface area contributed by atoms with Crippen molar-refractivity contribution in [3.8, 4) is 0 Å². The summed E-state index contributed by atoms with van der Waals surface area (Å²) in [5, 5.41) is 0. The van der Waals surface area contributed by atoms with Crippen molar-refractivity contribution in [3.63, 3.8) is 0 Å². The Bertz CT molecular complexity index is 718. The van der Waals surface area contributed by atoms with Crippen molar-refractivity contribution < 1.29 is 0 Å². The molecule has 0 radical (unpaired) electrons. The van der Waals surface area contributed by atoms with Gasteiger partial charge in [0, 0.05) is 11.6 Å². The predicted molar refractivity (Wildman–Crippen MR) is 116 cm³/mol. The average Bonchev–Trinajstić information content (AvgIpc) is 2.62. The molecular formula is C25H33N. The van der Waals surface area contributed by atoms with Crippen LogP contribution in [0, 0.1) is 0 Å². The van der Waals surface area contributed by atoms with E-state index in [1.807, 2.05) is 0 Å². The lowest BCUT2D eigenvalue weighted by Gasteiger charge is -2.26. The van der Waals surface area contributed by atoms with E-state index in [-0.39, 0.29) is 5.41 Å². The summed E-state index contributed by atoms with van der Waals surface area (Å²) in [7, 11) is 0. The minimum atomic E-state index is -0.143. The van der Waals surface area contributed by atoms with Crippen molar-refractivity contribution in [1.82, 2.24) is 0 Å². The minimum absolute atomic E-state index is 0.143. The van der Waals surface area contributed by atoms with Gasteiger partial charge in [-0.1, -0.05) is 87.7 Å². The highest BCUT2D eigenvalue weighted by Gasteiger charge is 2.24. The van der Waals surface area contributed by atoms with Crippen LogP contribution in [0.25, 0.3) is 0 Å². The molecular weight excluding hydrogens is 314 g/mol. The molecule has 0 amide bonds. The summed E-state index contributed by atoms with van der Waals surface area (Å²) in [6.07, 6.45) is 7.49. The molecule has 1 atom stereocenters. The molecule has 0 N–H and O–H groups in total. The molecule has 0 saturated carbocycles. The third-order valence-corrected chi connectivity index (χ3v) is 4.82. The third kappa shape index (κ3) is 5.17. The van der Waals surface area contributed by atoms with Crippen molar-refractivity contribution in [3.05, 3.63) is 77.4 Å². The van der Waals surface area contributed by atoms with Crippen LogP contribution in [-0.4, -0.2) is 6.21 Å². The molecule has 2 rings (SSSR count). The maximum atomic E-state index is 5.08. The Morgan fingerprint density at radius 3 is 2.04 bits per heavy atom. The molecule has 1 unspecified atom stereocenters. The van der Waals surface area contributed by atoms with Crippen LogP contribution in [-0.2, 0) is 18.3 Å². The first kappa shape index (κ1) is 20.2. The summed E-state index contributed by atoms with van der Waals surface area (Å²) >= 11 is 0. The normalized spacial score (nSPS) is 13.7. The number of rotatable bonds is 9. The van der Waals surface area contributed by atoms with Gasteiger partial charge < -0.3 is 0 Å². The number of hydrogen-bond acceptors (Lipinski definition) is 1. The SMILES string of the molecule is C=C(C)CC(C)(C=Nc1c(CCC)cccc1CCC)c1ccccc1. The van der Waals surface area contributed by atoms with Crippen LogP contribution in [0.3, 0.4) is 0 Å². The molecule has 0 aliphatic carbocycles. The Kier molecular flexibility index (Phi) is 7.38. The van der Waals surface area contributed by atoms with E-state index >= 15 is 0 Å². The fourth-order valence-corrected chi connectivity index (χ4v) is 3.63. The lowest BCUT2D eigenvalue weighted by Crippen LogP contribution is -2.24. The summed E-state index contributed by atoms with van der Waals surface area (Å²) in [4.78, 5) is 5.08. The smallest absolute Gasteiger partial charge is 0.0689 e. The summed E-state index contributed by atoms with van der Waals surface area (Å²) < 4.78 is 0. The van der Waals surface area contributed by atoms with Crippen LogP contribution >= 0.6 is 0 Å². The highest BCUT2D eigenvalue weighted by Crippen LogP contribution is 2.32. The Hall–Kier alpha value is -2.15. The first-order valence-corrected chi connectivity index (χ1v) is 9.86. The second-order valence-corrected chi connectivity index (χ2v) is 7.60. The van der Waals surface area contributed by atoms with Crippen molar-refractivity contribution in [1.29, 1.82) is 0 Å². The van der Waals surface area contributed by atoms with Crippen molar-refractivity contribution in [2.75, 3.05) is 0 Å². The van der Waals surface area contributed by atoms with Gasteiger partial charge in [-0.25, -0.2) is 0 Å². The maximum Gasteiger partial charge on any atom is 0.0689 e. The molecule has 0 saturated heterocycles. The van der Waals surface area contributed by atoms with Crippen LogP contribution in [0.4, 0.5) is 5.69 Å². The van der Waals surface area contributed by atoms with Gasteiger partial charge in [0.05, 0.1) is 5.69 Å². The van der Waals surface area contributed by atoms with Gasteiger partial charge in [-0.15, -0.1) is 6.58 Å². The number of hydrogen-bond donors (Lipinski definition) is 0. The highest BCUT2D eigenvalue weighted by atomic mass is 14.7. The third-order valence-electron chi connectivity index (χ3n) is 4.82. The fourth-order valence-electron chi connectivity index (χ4n) is 3.63. The number of nitrogens with zero attached hydrogens (tertiary/aromatic N) is 1. The molecule has 2 aromatic carbocycles. The molecule has 2 aromatic rings. The van der Waals surface area contributed by atoms with Crippen LogP contribution in [0.2, 0.25) is 0 Å². The minimum Gasteiger partial charge on any atom is -0.260 e. The van der Waals surface area contributed by atoms with Gasteiger partial charge in [-0.2, -0.15) is 0 Å². The van der Waals surface area contributed by atoms with Crippen molar-refractivity contribution in [2.45, 2.75) is 65.2 Å². The van der Waals surface area contributed by atoms with E-state index in [2.05, 4.69) is 89.0 Å². The van der Waals surface area contributed by atoms with Gasteiger partial charge in [0.1, 0.15) is 0 Å². The fraction of sp³-hybridized carbons (Fsp3) is 0.400. The lowest BCUT2D eigenvalue weighted by molar-refractivity contribution is 0.643. The van der Waals surface area contributed by atoms with Gasteiger partial charge >= 0.3 is 0 Å². The second-order valence-electron chi connectivity index (χ2n) is 7.60. The van der Waals surface area contributed by atoms with Crippen LogP contribution in [0.5, 0.6) is 0 Å². The monoisotopic (exact) mass is 347 g/mol. The molecule has 1 nitrogen and oxygen atoms in total. The molecule has 138 valence electrons. The number of benzene rings is 2. The van der Waals surface area contributed by atoms with Gasteiger partial charge in [0.2, 0.25) is 0 Å². The first-order chi connectivity index (χ1) is 12.5. The van der Waals surface area contributed by atoms with Gasteiger partial charge in [0.15, 0.2) is 0 Å². The van der Waals surface area contributed by atoms with Crippen LogP contribution in [0.15, 0.2) is 65.7 Å². The van der Waals surface area contributed by atoms with E-state index in [0.29, 0.717) is 0 Å². The topological polar surface area (TPSA) is 12.4 Å².